The first-order valence-electron chi connectivity index (χ1n) is 11.1. The van der Waals surface area contributed by atoms with Gasteiger partial charge in [0.1, 0.15) is 23.5 Å². The van der Waals surface area contributed by atoms with Crippen LogP contribution in [-0.2, 0) is 17.9 Å². The van der Waals surface area contributed by atoms with Crippen molar-refractivity contribution in [3.63, 3.8) is 0 Å². The van der Waals surface area contributed by atoms with E-state index in [9.17, 15) is 14.4 Å². The molecule has 0 bridgehead atoms. The maximum Gasteiger partial charge on any atom is 0.235 e. The minimum Gasteiger partial charge on any atom is -0.469 e. The van der Waals surface area contributed by atoms with Crippen LogP contribution in [0.5, 0.6) is 0 Å². The summed E-state index contributed by atoms with van der Waals surface area (Å²) >= 11 is 1.27. The molecule has 1 aromatic carbocycles. The van der Waals surface area contributed by atoms with Crippen molar-refractivity contribution in [1.29, 1.82) is 5.26 Å². The fourth-order valence-electron chi connectivity index (χ4n) is 3.90. The van der Waals surface area contributed by atoms with Crippen molar-refractivity contribution in [2.75, 3.05) is 11.1 Å². The van der Waals surface area contributed by atoms with Crippen molar-refractivity contribution in [1.82, 2.24) is 19.3 Å². The summed E-state index contributed by atoms with van der Waals surface area (Å²) in [5, 5.41) is 21.8. The molecule has 10 heteroatoms. The number of benzene rings is 1. The number of nitrogens with one attached hydrogen (secondary N) is 1. The third kappa shape index (κ3) is 4.86. The summed E-state index contributed by atoms with van der Waals surface area (Å²) < 4.78 is 22.5. The first kappa shape index (κ1) is 24.3. The molecule has 8 nitrogen and oxygen atoms in total. The summed E-state index contributed by atoms with van der Waals surface area (Å²) in [6, 6.07) is 10.2. The van der Waals surface area contributed by atoms with Crippen LogP contribution in [0.1, 0.15) is 35.1 Å². The monoisotopic (exact) mass is 492 g/mol. The van der Waals surface area contributed by atoms with Gasteiger partial charge >= 0.3 is 0 Å². The zero-order chi connectivity index (χ0) is 25.1. The average molecular weight is 493 g/mol. The molecule has 180 valence electrons. The van der Waals surface area contributed by atoms with Gasteiger partial charge in [0.2, 0.25) is 5.91 Å². The average Bonchev–Trinajstić information content (AvgIpc) is 3.51. The first-order valence-corrected chi connectivity index (χ1v) is 12.1. The highest BCUT2D eigenvalue weighted by molar-refractivity contribution is 7.99. The van der Waals surface area contributed by atoms with Gasteiger partial charge in [-0.25, -0.2) is 4.39 Å². The number of aryl methyl sites for hydroxylation is 1. The number of thioether (sulfide) groups is 1. The van der Waals surface area contributed by atoms with Crippen LogP contribution in [0.15, 0.2) is 46.2 Å². The van der Waals surface area contributed by atoms with Crippen molar-refractivity contribution >= 4 is 23.5 Å². The van der Waals surface area contributed by atoms with E-state index >= 15 is 0 Å². The number of hydrogen-bond acceptors (Lipinski definition) is 6. The first-order chi connectivity index (χ1) is 16.8. The van der Waals surface area contributed by atoms with Crippen molar-refractivity contribution < 1.29 is 13.6 Å². The Kier molecular flexibility index (Phi) is 7.07. The van der Waals surface area contributed by atoms with Crippen LogP contribution in [0.3, 0.4) is 0 Å². The molecule has 0 spiro atoms. The molecule has 0 aliphatic heterocycles. The van der Waals surface area contributed by atoms with Gasteiger partial charge in [-0.2, -0.15) is 5.26 Å². The molecule has 0 aliphatic rings. The standard InChI is InChI=1S/C25H25FN6O2S/c1-5-31-24(20-10-11-34-17(20)4)29-30-25(31)35-14-22(33)28-23-21(12-27)15(2)16(3)32(23)13-18-6-8-19(26)9-7-18/h6-11H,5,13-14H2,1-4H3,(H,28,33). The number of nitriles is 1. The lowest BCUT2D eigenvalue weighted by Gasteiger charge is -2.13. The van der Waals surface area contributed by atoms with E-state index in [1.807, 2.05) is 42.9 Å². The largest absolute Gasteiger partial charge is 0.469 e. The van der Waals surface area contributed by atoms with Gasteiger partial charge in [-0.05, 0) is 57.0 Å². The number of carbonyl (C=O) groups excluding carboxylic acids is 1. The van der Waals surface area contributed by atoms with Gasteiger partial charge in [0.05, 0.1) is 23.1 Å². The predicted octanol–water partition coefficient (Wildman–Crippen LogP) is 5.07. The summed E-state index contributed by atoms with van der Waals surface area (Å²) in [4.78, 5) is 12.9. The van der Waals surface area contributed by atoms with Crippen LogP contribution < -0.4 is 5.32 Å². The fourth-order valence-corrected chi connectivity index (χ4v) is 4.70. The molecule has 0 aliphatic carbocycles. The van der Waals surface area contributed by atoms with Crippen molar-refractivity contribution in [2.24, 2.45) is 0 Å². The Labute approximate surface area is 206 Å². The van der Waals surface area contributed by atoms with E-state index in [1.165, 1.54) is 23.9 Å². The number of hydrogen-bond donors (Lipinski definition) is 1. The lowest BCUT2D eigenvalue weighted by Crippen LogP contribution is -2.19. The molecule has 0 saturated carbocycles. The SMILES string of the molecule is CCn1c(SCC(=O)Nc2c(C#N)c(C)c(C)n2Cc2ccc(F)cc2)nnc1-c1ccoc1C. The summed E-state index contributed by atoms with van der Waals surface area (Å²) in [6.07, 6.45) is 1.61. The van der Waals surface area contributed by atoms with E-state index < -0.39 is 0 Å². The Balaban J connectivity index is 1.53. The van der Waals surface area contributed by atoms with Crippen molar-refractivity contribution in [3.05, 3.63) is 70.6 Å². The quantitative estimate of drug-likeness (QED) is 0.345. The zero-order valence-electron chi connectivity index (χ0n) is 19.9. The zero-order valence-corrected chi connectivity index (χ0v) is 20.7. The second-order valence-corrected chi connectivity index (χ2v) is 8.98. The predicted molar refractivity (Wildman–Crippen MR) is 132 cm³/mol. The maximum atomic E-state index is 13.3. The number of nitrogens with zero attached hydrogens (tertiary/aromatic N) is 5. The summed E-state index contributed by atoms with van der Waals surface area (Å²) in [7, 11) is 0. The highest BCUT2D eigenvalue weighted by Crippen LogP contribution is 2.29. The normalized spacial score (nSPS) is 11.0. The van der Waals surface area contributed by atoms with Crippen molar-refractivity contribution in [3.8, 4) is 17.5 Å². The molecule has 1 N–H and O–H groups in total. The lowest BCUT2D eigenvalue weighted by molar-refractivity contribution is -0.113. The molecule has 0 saturated heterocycles. The smallest absolute Gasteiger partial charge is 0.235 e. The Morgan fingerprint density at radius 2 is 1.91 bits per heavy atom. The van der Waals surface area contributed by atoms with Gasteiger partial charge < -0.3 is 18.9 Å². The number of furan rings is 1. The molecule has 0 unspecified atom stereocenters. The summed E-state index contributed by atoms with van der Waals surface area (Å²) in [5.74, 6) is 1.38. The van der Waals surface area contributed by atoms with E-state index in [0.717, 1.165) is 28.1 Å². The van der Waals surface area contributed by atoms with Gasteiger partial charge in [0.15, 0.2) is 11.0 Å². The van der Waals surface area contributed by atoms with Gasteiger partial charge in [-0.1, -0.05) is 23.9 Å². The Morgan fingerprint density at radius 1 is 1.17 bits per heavy atom. The second-order valence-electron chi connectivity index (χ2n) is 8.04. The van der Waals surface area contributed by atoms with Gasteiger partial charge in [0, 0.05) is 18.8 Å². The van der Waals surface area contributed by atoms with E-state index in [-0.39, 0.29) is 17.5 Å². The fraction of sp³-hybridized carbons (Fsp3) is 0.280. The third-order valence-corrected chi connectivity index (χ3v) is 6.88. The third-order valence-electron chi connectivity index (χ3n) is 5.92. The number of rotatable bonds is 8. The van der Waals surface area contributed by atoms with Crippen LogP contribution in [0, 0.1) is 37.9 Å². The van der Waals surface area contributed by atoms with E-state index in [0.29, 0.717) is 35.5 Å². The van der Waals surface area contributed by atoms with E-state index in [1.54, 1.807) is 18.4 Å². The molecule has 0 fully saturated rings. The molecule has 4 aromatic rings. The molecule has 3 aromatic heterocycles. The minimum atomic E-state index is -0.316. The molecular formula is C25H25FN6O2S. The van der Waals surface area contributed by atoms with Crippen LogP contribution in [0.2, 0.25) is 0 Å². The highest BCUT2D eigenvalue weighted by atomic mass is 32.2. The molecule has 35 heavy (non-hydrogen) atoms. The Bertz CT molecular complexity index is 1410. The van der Waals surface area contributed by atoms with Crippen LogP contribution in [-0.4, -0.2) is 31.0 Å². The number of carbonyl (C=O) groups is 1. The van der Waals surface area contributed by atoms with Gasteiger partial charge in [-0.3, -0.25) is 4.79 Å². The lowest BCUT2D eigenvalue weighted by atomic mass is 10.2. The van der Waals surface area contributed by atoms with E-state index in [4.69, 9.17) is 4.42 Å². The molecule has 4 rings (SSSR count). The molecule has 3 heterocycles. The summed E-state index contributed by atoms with van der Waals surface area (Å²) in [5.41, 5.74) is 3.79. The number of halogens is 1. The number of aromatic nitrogens is 4. The number of amides is 1. The topological polar surface area (TPSA) is 102 Å². The van der Waals surface area contributed by atoms with Gasteiger partial charge in [0.25, 0.3) is 0 Å². The van der Waals surface area contributed by atoms with Gasteiger partial charge in [-0.15, -0.1) is 10.2 Å². The van der Waals surface area contributed by atoms with Crippen molar-refractivity contribution in [2.45, 2.75) is 45.9 Å². The Hall–Kier alpha value is -3.84. The van der Waals surface area contributed by atoms with Crippen LogP contribution >= 0.6 is 11.8 Å². The number of anilines is 1. The Morgan fingerprint density at radius 3 is 2.54 bits per heavy atom. The molecule has 0 atom stereocenters. The maximum absolute atomic E-state index is 13.3. The molecule has 0 radical (unpaired) electrons. The van der Waals surface area contributed by atoms with E-state index in [2.05, 4.69) is 21.6 Å². The minimum absolute atomic E-state index is 0.0905. The molecule has 1 amide bonds. The summed E-state index contributed by atoms with van der Waals surface area (Å²) in [6.45, 7) is 8.63. The highest BCUT2D eigenvalue weighted by Gasteiger charge is 2.21. The molecular weight excluding hydrogens is 467 g/mol. The second kappa shape index (κ2) is 10.2. The van der Waals surface area contributed by atoms with Crippen LogP contribution in [0.25, 0.3) is 11.4 Å². The van der Waals surface area contributed by atoms with Crippen LogP contribution in [0.4, 0.5) is 10.2 Å².